The van der Waals surface area contributed by atoms with E-state index in [1.165, 1.54) is 13.5 Å². The van der Waals surface area contributed by atoms with E-state index in [1.54, 1.807) is 0 Å². The summed E-state index contributed by atoms with van der Waals surface area (Å²) in [5.41, 5.74) is 0.251. The molecule has 5 nitrogen and oxygen atoms in total. The molecule has 0 saturated heterocycles. The maximum absolute atomic E-state index is 11.1. The number of hydrogen-bond donors (Lipinski definition) is 1. The van der Waals surface area contributed by atoms with Gasteiger partial charge in [-0.15, -0.1) is 0 Å². The van der Waals surface area contributed by atoms with Crippen molar-refractivity contribution in [2.75, 3.05) is 7.11 Å². The number of methoxy groups -OCH3 is 1. The molecule has 100 valence electrons. The van der Waals surface area contributed by atoms with Crippen molar-refractivity contribution in [3.05, 3.63) is 17.3 Å². The average Bonchev–Trinajstić information content (AvgIpc) is 2.75. The lowest BCUT2D eigenvalue weighted by Gasteiger charge is -2.30. The Bertz CT molecular complexity index is 432. The number of ether oxygens (including phenoxy) is 1. The van der Waals surface area contributed by atoms with Crippen molar-refractivity contribution in [3.63, 3.8) is 0 Å². The number of carbonyl (C=O) groups is 1. The zero-order chi connectivity index (χ0) is 13.2. The Kier molecular flexibility index (Phi) is 3.71. The van der Waals surface area contributed by atoms with Gasteiger partial charge in [-0.2, -0.15) is 0 Å². The molecule has 1 aliphatic rings. The fraction of sp³-hybridized carbons (Fsp3) is 0.692. The lowest BCUT2D eigenvalue weighted by Crippen LogP contribution is -2.25. The molecule has 0 spiro atoms. The summed E-state index contributed by atoms with van der Waals surface area (Å²) in [7, 11) is 1.52. The highest BCUT2D eigenvalue weighted by molar-refractivity contribution is 5.85. The smallest absolute Gasteiger partial charge is 0.373 e. The summed E-state index contributed by atoms with van der Waals surface area (Å²) < 4.78 is 10.4. The first-order chi connectivity index (χ1) is 8.57. The van der Waals surface area contributed by atoms with Crippen molar-refractivity contribution < 1.29 is 19.1 Å². The predicted molar refractivity (Wildman–Crippen MR) is 64.6 cm³/mol. The first kappa shape index (κ1) is 13.1. The number of aromatic carboxylic acids is 1. The number of carboxylic acids is 1. The summed E-state index contributed by atoms with van der Waals surface area (Å²) in [4.78, 5) is 15.5. The lowest BCUT2D eigenvalue weighted by atomic mass is 9.76. The van der Waals surface area contributed by atoms with Crippen molar-refractivity contribution in [1.29, 1.82) is 0 Å². The van der Waals surface area contributed by atoms with Crippen LogP contribution in [0.15, 0.2) is 4.42 Å². The summed E-state index contributed by atoms with van der Waals surface area (Å²) in [5.74, 6) is -0.620. The van der Waals surface area contributed by atoms with E-state index in [-0.39, 0.29) is 17.8 Å². The Morgan fingerprint density at radius 3 is 2.67 bits per heavy atom. The van der Waals surface area contributed by atoms with Gasteiger partial charge in [-0.1, -0.05) is 26.2 Å². The van der Waals surface area contributed by atoms with Gasteiger partial charge in [0.1, 0.15) is 5.69 Å². The van der Waals surface area contributed by atoms with Crippen LogP contribution in [-0.4, -0.2) is 23.2 Å². The molecule has 0 atom stereocenters. The normalized spacial score (nSPS) is 18.8. The Labute approximate surface area is 106 Å². The van der Waals surface area contributed by atoms with Gasteiger partial charge in [0.05, 0.1) is 6.61 Å². The van der Waals surface area contributed by atoms with Gasteiger partial charge in [-0.3, -0.25) is 0 Å². The third-order valence-electron chi connectivity index (χ3n) is 3.65. The number of hydrogen-bond acceptors (Lipinski definition) is 4. The third kappa shape index (κ3) is 2.41. The second-order valence-corrected chi connectivity index (χ2v) is 5.15. The van der Waals surface area contributed by atoms with Gasteiger partial charge in [0, 0.05) is 12.5 Å². The van der Waals surface area contributed by atoms with Gasteiger partial charge < -0.3 is 14.3 Å². The minimum absolute atomic E-state index is 0.0846. The van der Waals surface area contributed by atoms with Crippen molar-refractivity contribution >= 4 is 5.97 Å². The molecule has 18 heavy (non-hydrogen) atoms. The second-order valence-electron chi connectivity index (χ2n) is 5.15. The van der Waals surface area contributed by atoms with Crippen molar-refractivity contribution in [2.45, 2.75) is 51.0 Å². The molecule has 0 radical (unpaired) electrons. The quantitative estimate of drug-likeness (QED) is 0.893. The molecule has 1 fully saturated rings. The van der Waals surface area contributed by atoms with E-state index in [0.717, 1.165) is 25.7 Å². The van der Waals surface area contributed by atoms with Crippen LogP contribution in [0.1, 0.15) is 61.2 Å². The minimum atomic E-state index is -1.08. The van der Waals surface area contributed by atoms with Crippen molar-refractivity contribution in [3.8, 4) is 0 Å². The van der Waals surface area contributed by atoms with Gasteiger partial charge >= 0.3 is 5.97 Å². The Morgan fingerprint density at radius 1 is 1.44 bits per heavy atom. The Hall–Kier alpha value is -1.36. The standard InChI is InChI=1S/C13H19NO4/c1-13(6-4-3-5-7-13)12-14-9(8-17-2)10(18-12)11(15)16/h3-8H2,1-2H3,(H,15,16). The molecule has 1 aromatic heterocycles. The molecule has 1 saturated carbocycles. The first-order valence-corrected chi connectivity index (χ1v) is 6.29. The Morgan fingerprint density at radius 2 is 2.11 bits per heavy atom. The van der Waals surface area contributed by atoms with Crippen LogP contribution in [0.2, 0.25) is 0 Å². The first-order valence-electron chi connectivity index (χ1n) is 6.29. The molecule has 2 rings (SSSR count). The number of carboxylic acid groups (broad SMARTS) is 1. The van der Waals surface area contributed by atoms with Crippen molar-refractivity contribution in [2.24, 2.45) is 0 Å². The van der Waals surface area contributed by atoms with Crippen LogP contribution in [0.3, 0.4) is 0 Å². The van der Waals surface area contributed by atoms with Gasteiger partial charge in [-0.25, -0.2) is 9.78 Å². The van der Waals surface area contributed by atoms with E-state index in [1.807, 2.05) is 0 Å². The predicted octanol–water partition coefficient (Wildman–Crippen LogP) is 2.74. The van der Waals surface area contributed by atoms with E-state index in [4.69, 9.17) is 14.3 Å². The molecule has 0 unspecified atom stereocenters. The lowest BCUT2D eigenvalue weighted by molar-refractivity contribution is 0.0650. The molecule has 0 aliphatic heterocycles. The highest BCUT2D eigenvalue weighted by atomic mass is 16.5. The van der Waals surface area contributed by atoms with Crippen LogP contribution in [-0.2, 0) is 16.8 Å². The summed E-state index contributed by atoms with van der Waals surface area (Å²) in [6.07, 6.45) is 5.51. The molecular weight excluding hydrogens is 234 g/mol. The van der Waals surface area contributed by atoms with Gasteiger partial charge in [0.25, 0.3) is 0 Å². The third-order valence-corrected chi connectivity index (χ3v) is 3.65. The fourth-order valence-corrected chi connectivity index (χ4v) is 2.56. The average molecular weight is 253 g/mol. The fourth-order valence-electron chi connectivity index (χ4n) is 2.56. The molecule has 0 amide bonds. The van der Waals surface area contributed by atoms with E-state index in [0.29, 0.717) is 11.6 Å². The van der Waals surface area contributed by atoms with Crippen LogP contribution in [0.4, 0.5) is 0 Å². The van der Waals surface area contributed by atoms with Gasteiger partial charge in [0.15, 0.2) is 0 Å². The highest BCUT2D eigenvalue weighted by Crippen LogP contribution is 2.39. The number of rotatable bonds is 4. The molecule has 0 bridgehead atoms. The summed E-state index contributed by atoms with van der Waals surface area (Å²) in [6.45, 7) is 2.27. The van der Waals surface area contributed by atoms with E-state index >= 15 is 0 Å². The maximum Gasteiger partial charge on any atom is 0.373 e. The monoisotopic (exact) mass is 253 g/mol. The molecule has 1 aromatic rings. The molecule has 0 aromatic carbocycles. The highest BCUT2D eigenvalue weighted by Gasteiger charge is 2.35. The van der Waals surface area contributed by atoms with Crippen LogP contribution in [0.5, 0.6) is 0 Å². The van der Waals surface area contributed by atoms with Crippen molar-refractivity contribution in [1.82, 2.24) is 4.98 Å². The molecular formula is C13H19NO4. The zero-order valence-corrected chi connectivity index (χ0v) is 10.9. The summed E-state index contributed by atoms with van der Waals surface area (Å²) in [6, 6.07) is 0. The van der Waals surface area contributed by atoms with Crippen LogP contribution in [0, 0.1) is 0 Å². The molecule has 1 aliphatic carbocycles. The van der Waals surface area contributed by atoms with Gasteiger partial charge in [0.2, 0.25) is 11.7 Å². The largest absolute Gasteiger partial charge is 0.475 e. The zero-order valence-electron chi connectivity index (χ0n) is 10.9. The SMILES string of the molecule is COCc1nc(C2(C)CCCCC2)oc1C(=O)O. The number of nitrogens with zero attached hydrogens (tertiary/aromatic N) is 1. The van der Waals surface area contributed by atoms with E-state index in [2.05, 4.69) is 11.9 Å². The Balaban J connectivity index is 2.33. The summed E-state index contributed by atoms with van der Waals surface area (Å²) >= 11 is 0. The van der Waals surface area contributed by atoms with Crippen LogP contribution in [0.25, 0.3) is 0 Å². The minimum Gasteiger partial charge on any atom is -0.475 e. The second kappa shape index (κ2) is 5.10. The van der Waals surface area contributed by atoms with Crippen LogP contribution >= 0.6 is 0 Å². The summed E-state index contributed by atoms with van der Waals surface area (Å²) in [5, 5.41) is 9.10. The molecule has 5 heteroatoms. The number of aromatic nitrogens is 1. The van der Waals surface area contributed by atoms with Gasteiger partial charge in [-0.05, 0) is 12.8 Å². The topological polar surface area (TPSA) is 72.6 Å². The maximum atomic E-state index is 11.1. The molecule has 1 N–H and O–H groups in total. The number of oxazole rings is 1. The van der Waals surface area contributed by atoms with E-state index < -0.39 is 5.97 Å². The molecule has 1 heterocycles. The van der Waals surface area contributed by atoms with Crippen LogP contribution < -0.4 is 0 Å². The van der Waals surface area contributed by atoms with E-state index in [9.17, 15) is 4.79 Å².